The van der Waals surface area contributed by atoms with Crippen molar-refractivity contribution in [2.45, 2.75) is 20.8 Å². The average molecular weight is 243 g/mol. The van der Waals surface area contributed by atoms with Gasteiger partial charge in [-0.05, 0) is 38.0 Å². The van der Waals surface area contributed by atoms with Gasteiger partial charge < -0.3 is 10.6 Å². The summed E-state index contributed by atoms with van der Waals surface area (Å²) in [5, 5.41) is 0. The highest BCUT2D eigenvalue weighted by atomic mass is 35.5. The van der Waals surface area contributed by atoms with E-state index in [-0.39, 0.29) is 24.9 Å². The predicted octanol–water partition coefficient (Wildman–Crippen LogP) is 2.04. The van der Waals surface area contributed by atoms with E-state index in [0.29, 0.717) is 6.54 Å². The molecular weight excluding hydrogens is 224 g/mol. The van der Waals surface area contributed by atoms with Crippen LogP contribution in [0, 0.1) is 13.8 Å². The number of nitrogens with zero attached hydrogens (tertiary/aromatic N) is 1. The van der Waals surface area contributed by atoms with E-state index in [2.05, 4.69) is 0 Å². The predicted molar refractivity (Wildman–Crippen MR) is 70.2 cm³/mol. The van der Waals surface area contributed by atoms with Crippen LogP contribution in [0.1, 0.15) is 18.1 Å². The first kappa shape index (κ1) is 14.9. The molecule has 0 saturated heterocycles. The molecule has 1 aromatic rings. The minimum atomic E-state index is -0.0359. The van der Waals surface area contributed by atoms with Crippen LogP contribution in [0.2, 0.25) is 0 Å². The van der Waals surface area contributed by atoms with Crippen molar-refractivity contribution >= 4 is 24.0 Å². The number of nitrogens with two attached hydrogens (primary N) is 1. The summed E-state index contributed by atoms with van der Waals surface area (Å²) < 4.78 is 0. The molecule has 3 nitrogen and oxygen atoms in total. The lowest BCUT2D eigenvalue weighted by Crippen LogP contribution is -2.36. The first-order valence-electron chi connectivity index (χ1n) is 5.18. The van der Waals surface area contributed by atoms with E-state index < -0.39 is 0 Å². The number of hydrogen-bond donors (Lipinski definition) is 1. The van der Waals surface area contributed by atoms with Gasteiger partial charge in [-0.3, -0.25) is 4.79 Å². The second kappa shape index (κ2) is 6.51. The lowest BCUT2D eigenvalue weighted by atomic mass is 10.1. The number of rotatable bonds is 3. The van der Waals surface area contributed by atoms with Gasteiger partial charge in [-0.25, -0.2) is 0 Å². The Bertz CT molecular complexity index is 366. The topological polar surface area (TPSA) is 46.3 Å². The van der Waals surface area contributed by atoms with Gasteiger partial charge in [-0.1, -0.05) is 12.1 Å². The number of likely N-dealkylation sites (N-methyl/N-ethyl adjacent to an activating group) is 1. The molecule has 1 amide bonds. The van der Waals surface area contributed by atoms with Crippen LogP contribution in [0.3, 0.4) is 0 Å². The number of benzene rings is 1. The Morgan fingerprint density at radius 1 is 1.38 bits per heavy atom. The van der Waals surface area contributed by atoms with Gasteiger partial charge in [0.1, 0.15) is 0 Å². The molecule has 0 bridgehead atoms. The molecular formula is C12H19ClN2O. The van der Waals surface area contributed by atoms with Crippen molar-refractivity contribution in [1.82, 2.24) is 0 Å². The van der Waals surface area contributed by atoms with Crippen LogP contribution < -0.4 is 10.6 Å². The Morgan fingerprint density at radius 2 is 2.00 bits per heavy atom. The maximum atomic E-state index is 11.6. The minimum Gasteiger partial charge on any atom is -0.322 e. The zero-order valence-electron chi connectivity index (χ0n) is 9.99. The van der Waals surface area contributed by atoms with Crippen molar-refractivity contribution in [3.63, 3.8) is 0 Å². The normalized spacial score (nSPS) is 9.50. The monoisotopic (exact) mass is 242 g/mol. The van der Waals surface area contributed by atoms with Crippen molar-refractivity contribution in [3.8, 4) is 0 Å². The highest BCUT2D eigenvalue weighted by molar-refractivity contribution is 5.95. The number of halogens is 1. The maximum absolute atomic E-state index is 11.6. The van der Waals surface area contributed by atoms with Gasteiger partial charge in [0, 0.05) is 12.2 Å². The number of carbonyl (C=O) groups is 1. The zero-order chi connectivity index (χ0) is 11.4. The first-order valence-corrected chi connectivity index (χ1v) is 5.18. The third kappa shape index (κ3) is 2.97. The van der Waals surface area contributed by atoms with Gasteiger partial charge in [0.2, 0.25) is 5.91 Å². The van der Waals surface area contributed by atoms with E-state index in [1.54, 1.807) is 4.90 Å². The second-order valence-electron chi connectivity index (χ2n) is 3.56. The molecule has 0 aliphatic rings. The maximum Gasteiger partial charge on any atom is 0.240 e. The molecule has 0 saturated carbocycles. The van der Waals surface area contributed by atoms with Gasteiger partial charge in [-0.2, -0.15) is 0 Å². The molecule has 0 unspecified atom stereocenters. The summed E-state index contributed by atoms with van der Waals surface area (Å²) in [4.78, 5) is 13.3. The summed E-state index contributed by atoms with van der Waals surface area (Å²) in [6.45, 7) is 6.73. The first-order chi connectivity index (χ1) is 7.11. The SMILES string of the molecule is CCN(C(=O)CN)c1cccc(C)c1C.Cl. The molecule has 1 aromatic carbocycles. The molecule has 4 heteroatoms. The fraction of sp³-hybridized carbons (Fsp3) is 0.417. The molecule has 0 atom stereocenters. The number of aryl methyl sites for hydroxylation is 1. The van der Waals surface area contributed by atoms with Gasteiger partial charge in [-0.15, -0.1) is 12.4 Å². The van der Waals surface area contributed by atoms with Crippen molar-refractivity contribution in [2.24, 2.45) is 5.73 Å². The molecule has 90 valence electrons. The van der Waals surface area contributed by atoms with Crippen LogP contribution in [-0.4, -0.2) is 19.0 Å². The quantitative estimate of drug-likeness (QED) is 0.882. The van der Waals surface area contributed by atoms with E-state index in [0.717, 1.165) is 11.3 Å². The Hall–Kier alpha value is -1.06. The van der Waals surface area contributed by atoms with Crippen molar-refractivity contribution in [1.29, 1.82) is 0 Å². The summed E-state index contributed by atoms with van der Waals surface area (Å²) in [6, 6.07) is 5.96. The molecule has 16 heavy (non-hydrogen) atoms. The van der Waals surface area contributed by atoms with Crippen LogP contribution in [0.15, 0.2) is 18.2 Å². The molecule has 0 aliphatic carbocycles. The number of amides is 1. The minimum absolute atomic E-state index is 0. The second-order valence-corrected chi connectivity index (χ2v) is 3.56. The molecule has 0 radical (unpaired) electrons. The highest BCUT2D eigenvalue weighted by Gasteiger charge is 2.14. The van der Waals surface area contributed by atoms with Gasteiger partial charge in [0.15, 0.2) is 0 Å². The van der Waals surface area contributed by atoms with Gasteiger partial charge in [0.25, 0.3) is 0 Å². The number of carbonyl (C=O) groups excluding carboxylic acids is 1. The van der Waals surface area contributed by atoms with Gasteiger partial charge in [0.05, 0.1) is 6.54 Å². The Labute approximate surface area is 103 Å². The Balaban J connectivity index is 0.00000225. The van der Waals surface area contributed by atoms with Crippen molar-refractivity contribution < 1.29 is 4.79 Å². The molecule has 1 rings (SSSR count). The van der Waals surface area contributed by atoms with E-state index in [9.17, 15) is 4.79 Å². The lowest BCUT2D eigenvalue weighted by molar-refractivity contribution is -0.117. The highest BCUT2D eigenvalue weighted by Crippen LogP contribution is 2.22. The van der Waals surface area contributed by atoms with Crippen LogP contribution in [0.4, 0.5) is 5.69 Å². The summed E-state index contributed by atoms with van der Waals surface area (Å²) in [6.07, 6.45) is 0. The summed E-state index contributed by atoms with van der Waals surface area (Å²) in [5.74, 6) is -0.0359. The number of anilines is 1. The molecule has 0 aliphatic heterocycles. The lowest BCUT2D eigenvalue weighted by Gasteiger charge is -2.23. The molecule has 0 aromatic heterocycles. The van der Waals surface area contributed by atoms with E-state index in [4.69, 9.17) is 5.73 Å². The fourth-order valence-corrected chi connectivity index (χ4v) is 1.62. The summed E-state index contributed by atoms with van der Waals surface area (Å²) in [7, 11) is 0. The van der Waals surface area contributed by atoms with Crippen LogP contribution in [0.5, 0.6) is 0 Å². The third-order valence-electron chi connectivity index (χ3n) is 2.66. The van der Waals surface area contributed by atoms with Crippen molar-refractivity contribution in [2.75, 3.05) is 18.0 Å². The standard InChI is InChI=1S/C12H18N2O.ClH/c1-4-14(12(15)8-13)11-7-5-6-9(2)10(11)3;/h5-7H,4,8,13H2,1-3H3;1H. The fourth-order valence-electron chi connectivity index (χ4n) is 1.62. The summed E-state index contributed by atoms with van der Waals surface area (Å²) in [5.41, 5.74) is 8.68. The van der Waals surface area contributed by atoms with Gasteiger partial charge >= 0.3 is 0 Å². The average Bonchev–Trinajstić information content (AvgIpc) is 2.24. The smallest absolute Gasteiger partial charge is 0.240 e. The Kier molecular flexibility index (Phi) is 6.08. The zero-order valence-corrected chi connectivity index (χ0v) is 10.8. The molecule has 0 fully saturated rings. The van der Waals surface area contributed by atoms with Crippen LogP contribution in [0.25, 0.3) is 0 Å². The number of hydrogen-bond acceptors (Lipinski definition) is 2. The molecule has 0 spiro atoms. The molecule has 0 heterocycles. The third-order valence-corrected chi connectivity index (χ3v) is 2.66. The van der Waals surface area contributed by atoms with E-state index in [1.807, 2.05) is 39.0 Å². The van der Waals surface area contributed by atoms with Crippen molar-refractivity contribution in [3.05, 3.63) is 29.3 Å². The van der Waals surface area contributed by atoms with Crippen LogP contribution >= 0.6 is 12.4 Å². The van der Waals surface area contributed by atoms with E-state index >= 15 is 0 Å². The largest absolute Gasteiger partial charge is 0.322 e. The Morgan fingerprint density at radius 3 is 2.50 bits per heavy atom. The van der Waals surface area contributed by atoms with E-state index in [1.165, 1.54) is 5.56 Å². The molecule has 2 N–H and O–H groups in total. The van der Waals surface area contributed by atoms with Crippen LogP contribution in [-0.2, 0) is 4.79 Å². The summed E-state index contributed by atoms with van der Waals surface area (Å²) >= 11 is 0.